The van der Waals surface area contributed by atoms with Gasteiger partial charge >= 0.3 is 0 Å². The summed E-state index contributed by atoms with van der Waals surface area (Å²) >= 11 is 6.05. The topological polar surface area (TPSA) is 68.3 Å². The zero-order valence-corrected chi connectivity index (χ0v) is 15.8. The van der Waals surface area contributed by atoms with Crippen molar-refractivity contribution in [3.05, 3.63) is 11.6 Å². The number of carbonyl (C=O) groups excluding carboxylic acids is 4. The highest BCUT2D eigenvalue weighted by atomic mass is 35.5. The van der Waals surface area contributed by atoms with Crippen molar-refractivity contribution in [2.45, 2.75) is 60.3 Å². The average Bonchev–Trinajstić information content (AvgIpc) is 2.42. The molecule has 0 aromatic carbocycles. The maximum absolute atomic E-state index is 12.5. The molecule has 0 aromatic heterocycles. The minimum Gasteiger partial charge on any atom is -0.300 e. The van der Waals surface area contributed by atoms with Gasteiger partial charge in [-0.05, 0) is 31.9 Å². The van der Waals surface area contributed by atoms with E-state index in [1.165, 1.54) is 19.9 Å². The summed E-state index contributed by atoms with van der Waals surface area (Å²) < 4.78 is 0. The van der Waals surface area contributed by atoms with E-state index in [2.05, 4.69) is 0 Å². The molecule has 0 aliphatic heterocycles. The lowest BCUT2D eigenvalue weighted by Gasteiger charge is -2.25. The molecule has 4 nitrogen and oxygen atoms in total. The first-order valence-corrected chi connectivity index (χ1v) is 8.21. The molecule has 23 heavy (non-hydrogen) atoms. The van der Waals surface area contributed by atoms with Crippen LogP contribution in [0.1, 0.15) is 54.9 Å². The Morgan fingerprint density at radius 1 is 1.04 bits per heavy atom. The van der Waals surface area contributed by atoms with E-state index in [0.717, 1.165) is 0 Å². The van der Waals surface area contributed by atoms with Crippen LogP contribution < -0.4 is 0 Å². The van der Waals surface area contributed by atoms with Gasteiger partial charge in [-0.1, -0.05) is 34.6 Å². The van der Waals surface area contributed by atoms with Gasteiger partial charge in [0.25, 0.3) is 0 Å². The van der Waals surface area contributed by atoms with E-state index in [9.17, 15) is 19.2 Å². The molecule has 0 aliphatic rings. The van der Waals surface area contributed by atoms with Gasteiger partial charge in [0.2, 0.25) is 0 Å². The van der Waals surface area contributed by atoms with Gasteiger partial charge in [0, 0.05) is 11.3 Å². The smallest absolute Gasteiger partial charge is 0.174 e. The molecule has 0 heterocycles. The molecule has 0 bridgehead atoms. The second kappa shape index (κ2) is 8.53. The van der Waals surface area contributed by atoms with Crippen molar-refractivity contribution < 1.29 is 19.2 Å². The Bertz CT molecular complexity index is 526. The molecule has 3 atom stereocenters. The van der Waals surface area contributed by atoms with Crippen molar-refractivity contribution >= 4 is 34.7 Å². The fraction of sp³-hybridized carbons (Fsp3) is 0.667. The van der Waals surface area contributed by atoms with Crippen molar-refractivity contribution in [3.63, 3.8) is 0 Å². The lowest BCUT2D eigenvalue weighted by molar-refractivity contribution is -0.135. The van der Waals surface area contributed by atoms with E-state index in [-0.39, 0.29) is 17.3 Å². The Kier molecular flexibility index (Phi) is 8.05. The Hall–Kier alpha value is -1.29. The highest BCUT2D eigenvalue weighted by Gasteiger charge is 2.35. The van der Waals surface area contributed by atoms with Crippen LogP contribution in [0.2, 0.25) is 0 Å². The highest BCUT2D eigenvalue weighted by Crippen LogP contribution is 2.28. The zero-order chi connectivity index (χ0) is 18.5. The molecular weight excluding hydrogens is 316 g/mol. The predicted octanol–water partition coefficient (Wildman–Crippen LogP) is 3.54. The minimum absolute atomic E-state index is 0.182. The van der Waals surface area contributed by atoms with Crippen LogP contribution in [0, 0.1) is 17.3 Å². The van der Waals surface area contributed by atoms with Crippen LogP contribution in [0.4, 0.5) is 0 Å². The number of allylic oxidation sites excluding steroid dienone is 2. The average molecular weight is 343 g/mol. The van der Waals surface area contributed by atoms with Crippen molar-refractivity contribution in [1.29, 1.82) is 0 Å². The SMILES string of the molecule is CC/C(=C/C(=O)C(Cl)C(C)C(C)=O)C(C(C)=O)C(=O)C(C)(C)C. The largest absolute Gasteiger partial charge is 0.300 e. The second-order valence-electron chi connectivity index (χ2n) is 6.93. The first-order valence-electron chi connectivity index (χ1n) is 7.78. The van der Waals surface area contributed by atoms with Crippen molar-refractivity contribution in [2.75, 3.05) is 0 Å². The predicted molar refractivity (Wildman–Crippen MR) is 91.5 cm³/mol. The monoisotopic (exact) mass is 342 g/mol. The fourth-order valence-electron chi connectivity index (χ4n) is 2.15. The quantitative estimate of drug-likeness (QED) is 0.384. The van der Waals surface area contributed by atoms with Gasteiger partial charge in [-0.25, -0.2) is 0 Å². The molecular formula is C18H27ClO4. The third-order valence-electron chi connectivity index (χ3n) is 3.87. The normalized spacial score (nSPS) is 16.4. The molecule has 0 radical (unpaired) electrons. The summed E-state index contributed by atoms with van der Waals surface area (Å²) in [5, 5.41) is -0.994. The molecule has 5 heteroatoms. The summed E-state index contributed by atoms with van der Waals surface area (Å²) in [7, 11) is 0. The third kappa shape index (κ3) is 6.02. The number of alkyl halides is 1. The summed E-state index contributed by atoms with van der Waals surface area (Å²) in [6, 6.07) is 0. The van der Waals surface area contributed by atoms with Gasteiger partial charge in [0.05, 0.1) is 5.92 Å². The number of ketones is 4. The lowest BCUT2D eigenvalue weighted by Crippen LogP contribution is -2.34. The standard InChI is InChI=1S/C18H27ClO4/c1-8-13(9-14(22)16(19)10(2)11(3)20)15(12(4)21)17(23)18(5,6)7/h9-10,15-16H,8H2,1-7H3/b13-9-. The Balaban J connectivity index is 5.68. The summed E-state index contributed by atoms with van der Waals surface area (Å²) in [5.41, 5.74) is -0.246. The van der Waals surface area contributed by atoms with Crippen LogP contribution in [-0.2, 0) is 19.2 Å². The Labute approximate surface area is 143 Å². The van der Waals surface area contributed by atoms with Gasteiger partial charge in [0.15, 0.2) is 11.6 Å². The van der Waals surface area contributed by atoms with Crippen LogP contribution in [0.3, 0.4) is 0 Å². The summed E-state index contributed by atoms with van der Waals surface area (Å²) in [6.45, 7) is 11.3. The molecule has 0 aliphatic carbocycles. The maximum atomic E-state index is 12.5. The summed E-state index contributed by atoms with van der Waals surface area (Å²) in [5.74, 6) is -2.71. The number of Topliss-reactive ketones (excluding diaryl/α,β-unsaturated/α-hetero) is 3. The zero-order valence-electron chi connectivity index (χ0n) is 15.0. The minimum atomic E-state index is -0.994. The maximum Gasteiger partial charge on any atom is 0.174 e. The number of rotatable bonds is 8. The van der Waals surface area contributed by atoms with E-state index >= 15 is 0 Å². The summed E-state index contributed by atoms with van der Waals surface area (Å²) in [6.07, 6.45) is 1.66. The highest BCUT2D eigenvalue weighted by molar-refractivity contribution is 6.34. The molecule has 0 fully saturated rings. The van der Waals surface area contributed by atoms with E-state index in [4.69, 9.17) is 11.6 Å². The van der Waals surface area contributed by atoms with E-state index in [1.807, 2.05) is 0 Å². The number of hydrogen-bond acceptors (Lipinski definition) is 4. The van der Waals surface area contributed by atoms with Crippen molar-refractivity contribution in [2.24, 2.45) is 17.3 Å². The Morgan fingerprint density at radius 2 is 1.52 bits per heavy atom. The first kappa shape index (κ1) is 21.7. The van der Waals surface area contributed by atoms with Crippen LogP contribution in [0.25, 0.3) is 0 Å². The van der Waals surface area contributed by atoms with Crippen LogP contribution in [0.15, 0.2) is 11.6 Å². The van der Waals surface area contributed by atoms with Crippen molar-refractivity contribution in [1.82, 2.24) is 0 Å². The molecule has 0 N–H and O–H groups in total. The van der Waals surface area contributed by atoms with Gasteiger partial charge in [-0.2, -0.15) is 0 Å². The molecule has 130 valence electrons. The molecule has 0 rings (SSSR count). The molecule has 0 amide bonds. The van der Waals surface area contributed by atoms with E-state index in [1.54, 1.807) is 34.6 Å². The fourth-order valence-corrected chi connectivity index (χ4v) is 2.39. The number of hydrogen-bond donors (Lipinski definition) is 0. The lowest BCUT2D eigenvalue weighted by atomic mass is 9.77. The molecule has 0 saturated heterocycles. The first-order chi connectivity index (χ1) is 10.3. The van der Waals surface area contributed by atoms with Crippen molar-refractivity contribution in [3.8, 4) is 0 Å². The van der Waals surface area contributed by atoms with Gasteiger partial charge in [0.1, 0.15) is 16.9 Å². The van der Waals surface area contributed by atoms with Crippen LogP contribution in [-0.4, -0.2) is 28.5 Å². The van der Waals surface area contributed by atoms with E-state index < -0.39 is 28.4 Å². The van der Waals surface area contributed by atoms with Gasteiger partial charge in [-0.15, -0.1) is 11.6 Å². The molecule has 0 saturated carbocycles. The number of halogens is 1. The van der Waals surface area contributed by atoms with Gasteiger partial charge < -0.3 is 0 Å². The molecule has 3 unspecified atom stereocenters. The van der Waals surface area contributed by atoms with Crippen LogP contribution in [0.5, 0.6) is 0 Å². The van der Waals surface area contributed by atoms with E-state index in [0.29, 0.717) is 12.0 Å². The molecule has 0 aromatic rings. The molecule has 0 spiro atoms. The second-order valence-corrected chi connectivity index (χ2v) is 7.40. The third-order valence-corrected chi connectivity index (χ3v) is 4.46. The summed E-state index contributed by atoms with van der Waals surface area (Å²) in [4.78, 5) is 48.1. The Morgan fingerprint density at radius 3 is 1.83 bits per heavy atom. The number of carbonyl (C=O) groups is 4. The van der Waals surface area contributed by atoms with Gasteiger partial charge in [-0.3, -0.25) is 19.2 Å². The van der Waals surface area contributed by atoms with Crippen LogP contribution >= 0.6 is 11.6 Å².